The maximum Gasteiger partial charge on any atom is 0.247 e. The van der Waals surface area contributed by atoms with Crippen molar-refractivity contribution in [1.82, 2.24) is 10.3 Å². The van der Waals surface area contributed by atoms with Crippen LogP contribution >= 0.6 is 0 Å². The van der Waals surface area contributed by atoms with E-state index in [1.54, 1.807) is 0 Å². The van der Waals surface area contributed by atoms with E-state index in [1.165, 1.54) is 0 Å². The number of nitrogens with zero attached hydrogens (tertiary/aromatic N) is 2. The van der Waals surface area contributed by atoms with Gasteiger partial charge in [0, 0.05) is 0 Å². The molecule has 0 saturated heterocycles. The molecule has 0 radical (unpaired) electrons. The molecule has 2 aromatic rings. The maximum atomic E-state index is 10.9. The van der Waals surface area contributed by atoms with Crippen molar-refractivity contribution in [3.63, 3.8) is 0 Å². The zero-order valence-electron chi connectivity index (χ0n) is 8.43. The monoisotopic (exact) mass is 215 g/mol. The number of hydrogen-bond donors (Lipinski definition) is 1. The lowest BCUT2D eigenvalue weighted by atomic mass is 10.3. The average Bonchev–Trinajstić information content (AvgIpc) is 2.84. The first kappa shape index (κ1) is 9.08. The Bertz CT molecular complexity index is 553. The number of aliphatic imine (C=N–C) groups is 1. The van der Waals surface area contributed by atoms with E-state index in [1.807, 2.05) is 24.3 Å². The Kier molecular flexibility index (Phi) is 1.96. The lowest BCUT2D eigenvalue weighted by Gasteiger charge is -1.95. The highest BCUT2D eigenvalue weighted by molar-refractivity contribution is 6.04. The van der Waals surface area contributed by atoms with Crippen LogP contribution in [0.25, 0.3) is 11.1 Å². The molecular formula is C11H9N3O2. The van der Waals surface area contributed by atoms with E-state index in [9.17, 15) is 4.79 Å². The van der Waals surface area contributed by atoms with Crippen molar-refractivity contribution in [2.45, 2.75) is 6.42 Å². The summed E-state index contributed by atoms with van der Waals surface area (Å²) < 4.78 is 5.52. The van der Waals surface area contributed by atoms with Crippen molar-refractivity contribution in [2.24, 2.45) is 4.99 Å². The van der Waals surface area contributed by atoms with Crippen LogP contribution < -0.4 is 5.32 Å². The quantitative estimate of drug-likeness (QED) is 0.809. The van der Waals surface area contributed by atoms with Crippen LogP contribution in [0.15, 0.2) is 33.7 Å². The molecule has 3 rings (SSSR count). The predicted octanol–water partition coefficient (Wildman–Crippen LogP) is 0.899. The van der Waals surface area contributed by atoms with Crippen molar-refractivity contribution in [1.29, 1.82) is 0 Å². The van der Waals surface area contributed by atoms with Gasteiger partial charge in [0.15, 0.2) is 5.58 Å². The number of aromatic nitrogens is 1. The molecule has 1 aliphatic rings. The van der Waals surface area contributed by atoms with Gasteiger partial charge in [0.2, 0.25) is 11.8 Å². The lowest BCUT2D eigenvalue weighted by Crippen LogP contribution is -2.26. The molecule has 0 unspecified atom stereocenters. The Balaban J connectivity index is 1.87. The molecule has 5 nitrogen and oxygen atoms in total. The normalized spacial score (nSPS) is 15.2. The summed E-state index contributed by atoms with van der Waals surface area (Å²) in [5.41, 5.74) is 1.57. The molecule has 1 aromatic heterocycles. The van der Waals surface area contributed by atoms with E-state index in [0.717, 1.165) is 11.1 Å². The van der Waals surface area contributed by atoms with Crippen LogP contribution in [0.4, 0.5) is 0 Å². The molecule has 1 amide bonds. The van der Waals surface area contributed by atoms with Crippen molar-refractivity contribution in [3.8, 4) is 0 Å². The van der Waals surface area contributed by atoms with Crippen molar-refractivity contribution < 1.29 is 9.21 Å². The Morgan fingerprint density at radius 1 is 1.38 bits per heavy atom. The van der Waals surface area contributed by atoms with Crippen LogP contribution in [0.3, 0.4) is 0 Å². The lowest BCUT2D eigenvalue weighted by molar-refractivity contribution is -0.117. The van der Waals surface area contributed by atoms with Crippen LogP contribution in [0.2, 0.25) is 0 Å². The number of amidine groups is 1. The predicted molar refractivity (Wildman–Crippen MR) is 58.2 cm³/mol. The molecule has 80 valence electrons. The number of benzene rings is 1. The molecule has 2 heterocycles. The number of amides is 1. The summed E-state index contributed by atoms with van der Waals surface area (Å²) in [5, 5.41) is 2.66. The molecule has 0 aliphatic carbocycles. The van der Waals surface area contributed by atoms with E-state index in [0.29, 0.717) is 18.1 Å². The minimum atomic E-state index is -0.0777. The number of carbonyl (C=O) groups is 1. The Labute approximate surface area is 91.2 Å². The maximum absolute atomic E-state index is 10.9. The second-order valence-electron chi connectivity index (χ2n) is 3.56. The van der Waals surface area contributed by atoms with Crippen molar-refractivity contribution in [2.75, 3.05) is 6.54 Å². The summed E-state index contributed by atoms with van der Waals surface area (Å²) in [4.78, 5) is 19.3. The number of rotatable bonds is 2. The number of carbonyl (C=O) groups excluding carboxylic acids is 1. The van der Waals surface area contributed by atoms with Gasteiger partial charge in [-0.05, 0) is 12.1 Å². The highest BCUT2D eigenvalue weighted by Gasteiger charge is 2.16. The van der Waals surface area contributed by atoms with E-state index in [-0.39, 0.29) is 12.5 Å². The first-order chi connectivity index (χ1) is 7.81. The smallest absolute Gasteiger partial charge is 0.247 e. The van der Waals surface area contributed by atoms with Crippen LogP contribution in [0.5, 0.6) is 0 Å². The standard InChI is InChI=1S/C11H9N3O2/c15-10-6-12-9(14-10)5-11-13-7-3-1-2-4-8(7)16-11/h1-4H,5-6H2,(H,12,14,15). The third kappa shape index (κ3) is 1.56. The molecule has 5 heteroatoms. The average molecular weight is 215 g/mol. The van der Waals surface area contributed by atoms with Crippen LogP contribution in [-0.4, -0.2) is 23.3 Å². The number of hydrogen-bond acceptors (Lipinski definition) is 4. The van der Waals surface area contributed by atoms with Gasteiger partial charge in [-0.3, -0.25) is 9.79 Å². The van der Waals surface area contributed by atoms with E-state index >= 15 is 0 Å². The zero-order valence-corrected chi connectivity index (χ0v) is 8.43. The topological polar surface area (TPSA) is 67.5 Å². The van der Waals surface area contributed by atoms with Gasteiger partial charge >= 0.3 is 0 Å². The minimum absolute atomic E-state index is 0.0777. The Hall–Kier alpha value is -2.17. The van der Waals surface area contributed by atoms with E-state index in [2.05, 4.69) is 15.3 Å². The van der Waals surface area contributed by atoms with Crippen LogP contribution in [-0.2, 0) is 11.2 Å². The van der Waals surface area contributed by atoms with Gasteiger partial charge < -0.3 is 9.73 Å². The first-order valence-electron chi connectivity index (χ1n) is 4.99. The van der Waals surface area contributed by atoms with Gasteiger partial charge in [-0.1, -0.05) is 12.1 Å². The second kappa shape index (κ2) is 3.44. The summed E-state index contributed by atoms with van der Waals surface area (Å²) in [6.45, 7) is 0.204. The minimum Gasteiger partial charge on any atom is -0.440 e. The summed E-state index contributed by atoms with van der Waals surface area (Å²) >= 11 is 0. The highest BCUT2D eigenvalue weighted by atomic mass is 16.3. The molecule has 0 saturated carbocycles. The van der Waals surface area contributed by atoms with E-state index < -0.39 is 0 Å². The van der Waals surface area contributed by atoms with Crippen LogP contribution in [0.1, 0.15) is 5.89 Å². The molecule has 0 spiro atoms. The van der Waals surface area contributed by atoms with Gasteiger partial charge in [-0.2, -0.15) is 0 Å². The van der Waals surface area contributed by atoms with Gasteiger partial charge in [0.05, 0.1) is 6.42 Å². The summed E-state index contributed by atoms with van der Waals surface area (Å²) in [5.74, 6) is 1.12. The Morgan fingerprint density at radius 2 is 2.25 bits per heavy atom. The fourth-order valence-electron chi connectivity index (χ4n) is 1.65. The summed E-state index contributed by atoms with van der Waals surface area (Å²) in [6, 6.07) is 7.55. The van der Waals surface area contributed by atoms with Crippen molar-refractivity contribution in [3.05, 3.63) is 30.2 Å². The van der Waals surface area contributed by atoms with Gasteiger partial charge in [-0.25, -0.2) is 4.98 Å². The SMILES string of the molecule is O=C1CN=C(Cc2nc3ccccc3o2)N1. The van der Waals surface area contributed by atoms with Gasteiger partial charge in [0.1, 0.15) is 17.9 Å². The number of nitrogens with one attached hydrogen (secondary N) is 1. The third-order valence-electron chi connectivity index (χ3n) is 2.35. The molecule has 1 N–H and O–H groups in total. The number of oxazole rings is 1. The van der Waals surface area contributed by atoms with Gasteiger partial charge in [-0.15, -0.1) is 0 Å². The highest BCUT2D eigenvalue weighted by Crippen LogP contribution is 2.15. The molecule has 0 fully saturated rings. The fourth-order valence-corrected chi connectivity index (χ4v) is 1.65. The van der Waals surface area contributed by atoms with Crippen molar-refractivity contribution >= 4 is 22.8 Å². The van der Waals surface area contributed by atoms with Gasteiger partial charge in [0.25, 0.3) is 0 Å². The number of fused-ring (bicyclic) bond motifs is 1. The Morgan fingerprint density at radius 3 is 3.00 bits per heavy atom. The van der Waals surface area contributed by atoms with E-state index in [4.69, 9.17) is 4.42 Å². The zero-order chi connectivity index (χ0) is 11.0. The molecule has 1 aromatic carbocycles. The molecule has 16 heavy (non-hydrogen) atoms. The first-order valence-corrected chi connectivity index (χ1v) is 4.99. The van der Waals surface area contributed by atoms with Crippen LogP contribution in [0, 0.1) is 0 Å². The largest absolute Gasteiger partial charge is 0.440 e. The molecule has 1 aliphatic heterocycles. The molecular weight excluding hydrogens is 206 g/mol. The second-order valence-corrected chi connectivity index (χ2v) is 3.56. The summed E-state index contributed by atoms with van der Waals surface area (Å²) in [6.07, 6.45) is 0.431. The fraction of sp³-hybridized carbons (Fsp3) is 0.182. The summed E-state index contributed by atoms with van der Waals surface area (Å²) in [7, 11) is 0. The number of para-hydroxylation sites is 2. The molecule has 0 bridgehead atoms. The molecule has 0 atom stereocenters. The third-order valence-corrected chi connectivity index (χ3v) is 2.35.